The van der Waals surface area contributed by atoms with Crippen molar-refractivity contribution in [3.63, 3.8) is 0 Å². The Morgan fingerprint density at radius 3 is 2.39 bits per heavy atom. The van der Waals surface area contributed by atoms with Gasteiger partial charge in [-0.3, -0.25) is 0 Å². The summed E-state index contributed by atoms with van der Waals surface area (Å²) in [4.78, 5) is 0. The topological polar surface area (TPSA) is 12.0 Å². The molecule has 0 aromatic heterocycles. The molecule has 0 saturated heterocycles. The molecule has 0 amide bonds. The van der Waals surface area contributed by atoms with E-state index in [1.807, 2.05) is 12.1 Å². The maximum atomic E-state index is 13.0. The maximum Gasteiger partial charge on any atom is 0.123 e. The van der Waals surface area contributed by atoms with Crippen LogP contribution < -0.4 is 5.32 Å². The fourth-order valence-electron chi connectivity index (χ4n) is 2.80. The van der Waals surface area contributed by atoms with Gasteiger partial charge in [0.2, 0.25) is 0 Å². The van der Waals surface area contributed by atoms with E-state index >= 15 is 0 Å². The van der Waals surface area contributed by atoms with Gasteiger partial charge in [0.05, 0.1) is 0 Å². The zero-order valence-corrected chi connectivity index (χ0v) is 11.7. The highest BCUT2D eigenvalue weighted by Crippen LogP contribution is 2.42. The molecule has 1 saturated carbocycles. The zero-order chi connectivity index (χ0) is 13.2. The van der Waals surface area contributed by atoms with Gasteiger partial charge in [0.25, 0.3) is 0 Å². The van der Waals surface area contributed by atoms with E-state index in [1.54, 1.807) is 12.1 Å². The summed E-state index contributed by atoms with van der Waals surface area (Å²) in [5, 5.41) is 3.69. The van der Waals surface area contributed by atoms with Crippen molar-refractivity contribution in [3.05, 3.63) is 35.6 Å². The highest BCUT2D eigenvalue weighted by molar-refractivity contribution is 5.27. The molecule has 0 heterocycles. The molecule has 1 nitrogen and oxygen atoms in total. The summed E-state index contributed by atoms with van der Waals surface area (Å²) in [6.45, 7) is 7.80. The minimum atomic E-state index is -0.154. The molecule has 18 heavy (non-hydrogen) atoms. The second-order valence-electron chi connectivity index (χ2n) is 6.00. The van der Waals surface area contributed by atoms with Crippen molar-refractivity contribution in [3.8, 4) is 0 Å². The van der Waals surface area contributed by atoms with Crippen molar-refractivity contribution < 1.29 is 4.39 Å². The molecule has 1 fully saturated rings. The first-order valence-electron chi connectivity index (χ1n) is 7.05. The summed E-state index contributed by atoms with van der Waals surface area (Å²) in [5.41, 5.74) is 1.29. The number of hydrogen-bond donors (Lipinski definition) is 1. The molecule has 0 bridgehead atoms. The average molecular weight is 249 g/mol. The highest BCUT2D eigenvalue weighted by Gasteiger charge is 2.41. The smallest absolute Gasteiger partial charge is 0.123 e. The molecule has 100 valence electrons. The number of rotatable bonds is 6. The Bertz CT molecular complexity index is 379. The van der Waals surface area contributed by atoms with Crippen LogP contribution in [0.4, 0.5) is 4.39 Å². The average Bonchev–Trinajstić information content (AvgIpc) is 3.14. The first-order chi connectivity index (χ1) is 8.55. The van der Waals surface area contributed by atoms with Gasteiger partial charge in [-0.25, -0.2) is 4.39 Å². The van der Waals surface area contributed by atoms with Crippen molar-refractivity contribution in [2.75, 3.05) is 6.54 Å². The van der Waals surface area contributed by atoms with Crippen LogP contribution in [0.1, 0.15) is 45.6 Å². The fourth-order valence-corrected chi connectivity index (χ4v) is 2.80. The molecular formula is C16H24FN. The van der Waals surface area contributed by atoms with E-state index in [9.17, 15) is 4.39 Å². The lowest BCUT2D eigenvalue weighted by Crippen LogP contribution is -2.46. The van der Waals surface area contributed by atoms with Gasteiger partial charge in [0, 0.05) is 11.5 Å². The van der Waals surface area contributed by atoms with Gasteiger partial charge in [-0.15, -0.1) is 0 Å². The Morgan fingerprint density at radius 2 is 1.89 bits per heavy atom. The van der Waals surface area contributed by atoms with Crippen molar-refractivity contribution >= 4 is 0 Å². The second-order valence-corrected chi connectivity index (χ2v) is 6.00. The third-order valence-corrected chi connectivity index (χ3v) is 4.07. The summed E-state index contributed by atoms with van der Waals surface area (Å²) in [5.74, 6) is 0.635. The van der Waals surface area contributed by atoms with Crippen molar-refractivity contribution in [1.29, 1.82) is 0 Å². The van der Waals surface area contributed by atoms with Crippen LogP contribution in [-0.4, -0.2) is 12.6 Å². The van der Waals surface area contributed by atoms with Crippen molar-refractivity contribution in [2.24, 2.45) is 5.92 Å². The number of benzene rings is 1. The summed E-state index contributed by atoms with van der Waals surface area (Å²) in [6.07, 6.45) is 3.81. The van der Waals surface area contributed by atoms with E-state index in [-0.39, 0.29) is 11.2 Å². The SMILES string of the molecule is CCCNC(C1CC1)C(C)(C)c1ccc(F)cc1. The third kappa shape index (κ3) is 2.92. The number of hydrogen-bond acceptors (Lipinski definition) is 1. The number of halogens is 1. The minimum absolute atomic E-state index is 0.0596. The van der Waals surface area contributed by atoms with Gasteiger partial charge in [-0.2, -0.15) is 0 Å². The maximum absolute atomic E-state index is 13.0. The summed E-state index contributed by atoms with van der Waals surface area (Å²) >= 11 is 0. The van der Waals surface area contributed by atoms with Crippen LogP contribution in [0.25, 0.3) is 0 Å². The van der Waals surface area contributed by atoms with E-state index < -0.39 is 0 Å². The van der Waals surface area contributed by atoms with Crippen LogP contribution in [0.5, 0.6) is 0 Å². The van der Waals surface area contributed by atoms with Crippen LogP contribution in [0.2, 0.25) is 0 Å². The molecule has 1 N–H and O–H groups in total. The van der Waals surface area contributed by atoms with Gasteiger partial charge in [0.15, 0.2) is 0 Å². The molecule has 1 unspecified atom stereocenters. The summed E-state index contributed by atoms with van der Waals surface area (Å²) in [6, 6.07) is 7.50. The predicted molar refractivity (Wildman–Crippen MR) is 74.2 cm³/mol. The third-order valence-electron chi connectivity index (χ3n) is 4.07. The van der Waals surface area contributed by atoms with Crippen molar-refractivity contribution in [2.45, 2.75) is 51.5 Å². The van der Waals surface area contributed by atoms with E-state index in [2.05, 4.69) is 26.1 Å². The summed E-state index contributed by atoms with van der Waals surface area (Å²) in [7, 11) is 0. The molecule has 2 rings (SSSR count). The monoisotopic (exact) mass is 249 g/mol. The molecule has 0 radical (unpaired) electrons. The van der Waals surface area contributed by atoms with E-state index in [1.165, 1.54) is 18.4 Å². The molecule has 2 heteroatoms. The standard InChI is InChI=1S/C16H24FN/c1-4-11-18-15(12-5-6-12)16(2,3)13-7-9-14(17)10-8-13/h7-10,12,15,18H,4-6,11H2,1-3H3. The Balaban J connectivity index is 2.17. The van der Waals surface area contributed by atoms with E-state index in [0.717, 1.165) is 18.9 Å². The van der Waals surface area contributed by atoms with Gasteiger partial charge in [-0.05, 0) is 49.4 Å². The molecule has 1 aromatic rings. The zero-order valence-electron chi connectivity index (χ0n) is 11.7. The lowest BCUT2D eigenvalue weighted by atomic mass is 9.75. The quantitative estimate of drug-likeness (QED) is 0.806. The first kappa shape index (κ1) is 13.5. The molecule has 0 aliphatic heterocycles. The van der Waals surface area contributed by atoms with E-state index in [0.29, 0.717) is 6.04 Å². The first-order valence-corrected chi connectivity index (χ1v) is 7.05. The van der Waals surface area contributed by atoms with Crippen LogP contribution in [0, 0.1) is 11.7 Å². The van der Waals surface area contributed by atoms with Crippen LogP contribution >= 0.6 is 0 Å². The fraction of sp³-hybridized carbons (Fsp3) is 0.625. The van der Waals surface area contributed by atoms with Crippen molar-refractivity contribution in [1.82, 2.24) is 5.32 Å². The van der Waals surface area contributed by atoms with Gasteiger partial charge >= 0.3 is 0 Å². The second kappa shape index (κ2) is 5.40. The Hall–Kier alpha value is -0.890. The molecule has 1 aromatic carbocycles. The highest BCUT2D eigenvalue weighted by atomic mass is 19.1. The molecule has 0 spiro atoms. The largest absolute Gasteiger partial charge is 0.313 e. The summed E-state index contributed by atoms with van der Waals surface area (Å²) < 4.78 is 13.0. The minimum Gasteiger partial charge on any atom is -0.313 e. The van der Waals surface area contributed by atoms with Gasteiger partial charge < -0.3 is 5.32 Å². The predicted octanol–water partition coefficient (Wildman–Crippen LogP) is 3.88. The van der Waals surface area contributed by atoms with E-state index in [4.69, 9.17) is 0 Å². The Morgan fingerprint density at radius 1 is 1.28 bits per heavy atom. The molecule has 1 aliphatic rings. The van der Waals surface area contributed by atoms with Gasteiger partial charge in [-0.1, -0.05) is 32.9 Å². The Labute approximate surface area is 110 Å². The Kier molecular flexibility index (Phi) is 4.06. The lowest BCUT2D eigenvalue weighted by molar-refractivity contribution is 0.307. The molecule has 1 aliphatic carbocycles. The molecule has 1 atom stereocenters. The van der Waals surface area contributed by atoms with Crippen LogP contribution in [0.15, 0.2) is 24.3 Å². The van der Waals surface area contributed by atoms with Crippen LogP contribution in [-0.2, 0) is 5.41 Å². The lowest BCUT2D eigenvalue weighted by Gasteiger charge is -2.36. The number of nitrogens with one attached hydrogen (secondary N) is 1. The normalized spacial score (nSPS) is 17.8. The van der Waals surface area contributed by atoms with Gasteiger partial charge in [0.1, 0.15) is 5.82 Å². The van der Waals surface area contributed by atoms with Crippen LogP contribution in [0.3, 0.4) is 0 Å². The molecular weight excluding hydrogens is 225 g/mol.